The fourth-order valence-electron chi connectivity index (χ4n) is 3.70. The average molecular weight is 473 g/mol. The lowest BCUT2D eigenvalue weighted by Gasteiger charge is -2.24. The van der Waals surface area contributed by atoms with E-state index in [-0.39, 0.29) is 17.5 Å². The minimum Gasteiger partial charge on any atom is -0.382 e. The van der Waals surface area contributed by atoms with Crippen LogP contribution >= 0.6 is 0 Å². The number of aromatic nitrogens is 4. The maximum Gasteiger partial charge on any atom is 0.401 e. The van der Waals surface area contributed by atoms with Gasteiger partial charge in [0, 0.05) is 23.9 Å². The van der Waals surface area contributed by atoms with E-state index < -0.39 is 11.6 Å². The Hall–Kier alpha value is -3.56. The topological polar surface area (TPSA) is 94.3 Å². The zero-order chi connectivity index (χ0) is 24.7. The highest BCUT2D eigenvalue weighted by molar-refractivity contribution is 5.88. The van der Waals surface area contributed by atoms with Crippen LogP contribution in [0.3, 0.4) is 0 Å². The van der Waals surface area contributed by atoms with E-state index in [1.807, 2.05) is 28.8 Å². The molecule has 0 aliphatic rings. The Kier molecular flexibility index (Phi) is 6.01. The SMILES string of the molecule is CC(C)c1cc(-c2ccc(CCNc3cc(C(C)(C)C(F)(F)F)on3)cc2)c2c(N)ncnn12. The van der Waals surface area contributed by atoms with Crippen LogP contribution in [0.15, 0.2) is 47.2 Å². The molecule has 0 atom stereocenters. The van der Waals surface area contributed by atoms with Crippen molar-refractivity contribution in [2.24, 2.45) is 0 Å². The predicted molar refractivity (Wildman–Crippen MR) is 125 cm³/mol. The lowest BCUT2D eigenvalue weighted by Crippen LogP contribution is -2.35. The van der Waals surface area contributed by atoms with Gasteiger partial charge in [0.1, 0.15) is 17.3 Å². The van der Waals surface area contributed by atoms with Gasteiger partial charge in [-0.25, -0.2) is 9.50 Å². The van der Waals surface area contributed by atoms with Crippen LogP contribution in [-0.2, 0) is 11.8 Å². The first-order chi connectivity index (χ1) is 16.0. The first kappa shape index (κ1) is 23.6. The van der Waals surface area contributed by atoms with Crippen molar-refractivity contribution in [1.82, 2.24) is 19.8 Å². The molecule has 1 aromatic carbocycles. The molecule has 0 bridgehead atoms. The second-order valence-electron chi connectivity index (χ2n) is 9.12. The molecule has 10 heteroatoms. The molecule has 34 heavy (non-hydrogen) atoms. The number of benzene rings is 1. The fraction of sp³-hybridized carbons (Fsp3) is 0.375. The number of hydrogen-bond donors (Lipinski definition) is 2. The van der Waals surface area contributed by atoms with E-state index in [1.165, 1.54) is 12.4 Å². The van der Waals surface area contributed by atoms with Gasteiger partial charge in [0.25, 0.3) is 0 Å². The highest BCUT2D eigenvalue weighted by Gasteiger charge is 2.51. The fourth-order valence-corrected chi connectivity index (χ4v) is 3.70. The van der Waals surface area contributed by atoms with Crippen LogP contribution in [0.25, 0.3) is 16.6 Å². The van der Waals surface area contributed by atoms with Gasteiger partial charge in [-0.1, -0.05) is 43.3 Å². The zero-order valence-corrected chi connectivity index (χ0v) is 19.4. The molecule has 3 aromatic heterocycles. The first-order valence-corrected chi connectivity index (χ1v) is 11.0. The third-order valence-electron chi connectivity index (χ3n) is 6.02. The number of nitrogens with zero attached hydrogens (tertiary/aromatic N) is 4. The number of nitrogens with one attached hydrogen (secondary N) is 1. The van der Waals surface area contributed by atoms with Crippen molar-refractivity contribution in [3.05, 3.63) is 59.7 Å². The molecule has 0 saturated heterocycles. The molecular weight excluding hydrogens is 445 g/mol. The van der Waals surface area contributed by atoms with Crippen molar-refractivity contribution in [1.29, 1.82) is 0 Å². The molecule has 3 N–H and O–H groups in total. The van der Waals surface area contributed by atoms with Gasteiger partial charge in [0.2, 0.25) is 0 Å². The van der Waals surface area contributed by atoms with Crippen molar-refractivity contribution in [3.63, 3.8) is 0 Å². The molecule has 0 radical (unpaired) electrons. The quantitative estimate of drug-likeness (QED) is 0.364. The summed E-state index contributed by atoms with van der Waals surface area (Å²) in [4.78, 5) is 4.14. The van der Waals surface area contributed by atoms with Crippen molar-refractivity contribution in [2.45, 2.75) is 51.6 Å². The minimum absolute atomic E-state index is 0.226. The zero-order valence-electron chi connectivity index (χ0n) is 19.4. The maximum absolute atomic E-state index is 13.2. The third kappa shape index (κ3) is 4.32. The van der Waals surface area contributed by atoms with Crippen LogP contribution in [0.2, 0.25) is 0 Å². The molecule has 3 heterocycles. The van der Waals surface area contributed by atoms with Crippen molar-refractivity contribution >= 4 is 17.2 Å². The van der Waals surface area contributed by atoms with Gasteiger partial charge in [0.05, 0.1) is 0 Å². The third-order valence-corrected chi connectivity index (χ3v) is 6.02. The molecular formula is C24H27F3N6O. The molecule has 0 saturated carbocycles. The molecule has 7 nitrogen and oxygen atoms in total. The maximum atomic E-state index is 13.2. The number of nitrogen functional groups attached to an aromatic ring is 1. The van der Waals surface area contributed by atoms with E-state index >= 15 is 0 Å². The number of nitrogens with two attached hydrogens (primary N) is 1. The summed E-state index contributed by atoms with van der Waals surface area (Å²) >= 11 is 0. The number of fused-ring (bicyclic) bond motifs is 1. The lowest BCUT2D eigenvalue weighted by atomic mass is 9.89. The Balaban J connectivity index is 1.45. The smallest absolute Gasteiger partial charge is 0.382 e. The van der Waals surface area contributed by atoms with Gasteiger partial charge < -0.3 is 15.6 Å². The van der Waals surface area contributed by atoms with Crippen LogP contribution in [0.5, 0.6) is 0 Å². The predicted octanol–water partition coefficient (Wildman–Crippen LogP) is 5.58. The molecule has 180 valence electrons. The van der Waals surface area contributed by atoms with Crippen LogP contribution in [0, 0.1) is 0 Å². The second kappa shape index (κ2) is 8.66. The molecule has 0 fully saturated rings. The van der Waals surface area contributed by atoms with Gasteiger partial charge in [-0.15, -0.1) is 0 Å². The van der Waals surface area contributed by atoms with Gasteiger partial charge in [-0.05, 0) is 43.4 Å². The van der Waals surface area contributed by atoms with E-state index in [9.17, 15) is 13.2 Å². The number of anilines is 2. The summed E-state index contributed by atoms with van der Waals surface area (Å²) < 4.78 is 46.3. The van der Waals surface area contributed by atoms with Gasteiger partial charge in [0.15, 0.2) is 17.4 Å². The Bertz CT molecular complexity index is 1290. The number of hydrogen-bond acceptors (Lipinski definition) is 6. The monoisotopic (exact) mass is 472 g/mol. The van der Waals surface area contributed by atoms with Crippen molar-refractivity contribution in [2.75, 3.05) is 17.6 Å². The summed E-state index contributed by atoms with van der Waals surface area (Å²) in [7, 11) is 0. The van der Waals surface area contributed by atoms with Gasteiger partial charge in [-0.2, -0.15) is 18.3 Å². The van der Waals surface area contributed by atoms with E-state index in [4.69, 9.17) is 10.3 Å². The molecule has 0 amide bonds. The Morgan fingerprint density at radius 3 is 2.47 bits per heavy atom. The normalized spacial score (nSPS) is 12.6. The van der Waals surface area contributed by atoms with Gasteiger partial charge in [-0.3, -0.25) is 0 Å². The summed E-state index contributed by atoms with van der Waals surface area (Å²) in [6.45, 7) is 6.82. The van der Waals surface area contributed by atoms with E-state index in [0.717, 1.165) is 41.7 Å². The number of rotatable bonds is 7. The Morgan fingerprint density at radius 1 is 1.12 bits per heavy atom. The first-order valence-electron chi connectivity index (χ1n) is 11.0. The van der Waals surface area contributed by atoms with E-state index in [2.05, 4.69) is 40.5 Å². The summed E-state index contributed by atoms with van der Waals surface area (Å²) in [6, 6.07) is 11.4. The van der Waals surface area contributed by atoms with Crippen molar-refractivity contribution in [3.8, 4) is 11.1 Å². The van der Waals surface area contributed by atoms with Crippen LogP contribution in [0.4, 0.5) is 24.8 Å². The Morgan fingerprint density at radius 2 is 1.82 bits per heavy atom. The van der Waals surface area contributed by atoms with Gasteiger partial charge >= 0.3 is 6.18 Å². The van der Waals surface area contributed by atoms with Crippen molar-refractivity contribution < 1.29 is 17.7 Å². The molecule has 4 aromatic rings. The van der Waals surface area contributed by atoms with E-state index in [1.54, 1.807) is 0 Å². The van der Waals surface area contributed by atoms with Crippen LogP contribution in [0.1, 0.15) is 50.6 Å². The molecule has 4 rings (SSSR count). The highest BCUT2D eigenvalue weighted by Crippen LogP contribution is 2.41. The largest absolute Gasteiger partial charge is 0.401 e. The lowest BCUT2D eigenvalue weighted by molar-refractivity contribution is -0.185. The van der Waals surface area contributed by atoms with E-state index in [0.29, 0.717) is 18.8 Å². The second-order valence-corrected chi connectivity index (χ2v) is 9.12. The molecule has 0 unspecified atom stereocenters. The summed E-state index contributed by atoms with van der Waals surface area (Å²) in [5, 5.41) is 11.1. The summed E-state index contributed by atoms with van der Waals surface area (Å²) in [6.07, 6.45) is -2.32. The average Bonchev–Trinajstić information content (AvgIpc) is 3.40. The standard InChI is InChI=1S/C24H27F3N6O/c1-14(2)18-11-17(21-22(28)30-13-31-33(18)21)16-7-5-15(6-8-16)9-10-29-20-12-19(34-32-20)23(3,4)24(25,26)27/h5-8,11-14H,9-10H2,1-4H3,(H,29,32)(H2,28,30,31). The highest BCUT2D eigenvalue weighted by atomic mass is 19.4. The number of halogens is 3. The molecule has 0 spiro atoms. The summed E-state index contributed by atoms with van der Waals surface area (Å²) in [5.41, 5.74) is 8.90. The number of alkyl halides is 3. The van der Waals surface area contributed by atoms with Crippen LogP contribution < -0.4 is 11.1 Å². The molecule has 0 aliphatic carbocycles. The van der Waals surface area contributed by atoms with Crippen LogP contribution in [-0.4, -0.2) is 32.5 Å². The summed E-state index contributed by atoms with van der Waals surface area (Å²) in [5.74, 6) is 0.738. The molecule has 0 aliphatic heterocycles. The minimum atomic E-state index is -4.43. The Labute approximate surface area is 195 Å².